The van der Waals surface area contributed by atoms with Gasteiger partial charge in [0.25, 0.3) is 0 Å². The minimum Gasteiger partial charge on any atom is -0.382 e. The Morgan fingerprint density at radius 3 is 2.61 bits per heavy atom. The third-order valence-electron chi connectivity index (χ3n) is 3.66. The van der Waals surface area contributed by atoms with Crippen molar-refractivity contribution in [3.8, 4) is 0 Å². The Morgan fingerprint density at radius 2 is 1.94 bits per heavy atom. The molecule has 108 valence electrons. The molecule has 1 saturated heterocycles. The summed E-state index contributed by atoms with van der Waals surface area (Å²) in [4.78, 5) is 2.54. The van der Waals surface area contributed by atoms with Crippen LogP contribution >= 0.6 is 0 Å². The van der Waals surface area contributed by atoms with Gasteiger partial charge in [0, 0.05) is 13.7 Å². The molecule has 1 rings (SSSR count). The summed E-state index contributed by atoms with van der Waals surface area (Å²) < 4.78 is 10.3. The highest BCUT2D eigenvalue weighted by Crippen LogP contribution is 2.15. The van der Waals surface area contributed by atoms with E-state index in [0.29, 0.717) is 13.2 Å². The van der Waals surface area contributed by atoms with Gasteiger partial charge in [-0.2, -0.15) is 0 Å². The van der Waals surface area contributed by atoms with E-state index in [2.05, 4.69) is 17.1 Å². The molecule has 0 saturated carbocycles. The average molecular weight is 258 g/mol. The molecule has 1 N–H and O–H groups in total. The van der Waals surface area contributed by atoms with Crippen molar-refractivity contribution < 1.29 is 9.47 Å². The quantitative estimate of drug-likeness (QED) is 0.600. The summed E-state index contributed by atoms with van der Waals surface area (Å²) >= 11 is 0. The van der Waals surface area contributed by atoms with E-state index < -0.39 is 0 Å². The van der Waals surface area contributed by atoms with Crippen molar-refractivity contribution >= 4 is 0 Å². The van der Waals surface area contributed by atoms with Crippen molar-refractivity contribution in [2.45, 2.75) is 26.2 Å². The standard InChI is InChI=1S/C14H30N2O2/c1-3-16-8-5-14(6-9-16)13-15-7-4-10-18-12-11-17-2/h14-15H,3-13H2,1-2H3. The van der Waals surface area contributed by atoms with Crippen LogP contribution in [0.2, 0.25) is 0 Å². The number of rotatable bonds is 10. The Hall–Kier alpha value is -0.160. The van der Waals surface area contributed by atoms with Gasteiger partial charge in [0.2, 0.25) is 0 Å². The van der Waals surface area contributed by atoms with Crippen LogP contribution in [0.3, 0.4) is 0 Å². The van der Waals surface area contributed by atoms with E-state index in [1.54, 1.807) is 7.11 Å². The van der Waals surface area contributed by atoms with Crippen LogP contribution in [0.5, 0.6) is 0 Å². The maximum absolute atomic E-state index is 5.42. The number of hydrogen-bond acceptors (Lipinski definition) is 4. The van der Waals surface area contributed by atoms with Crippen molar-refractivity contribution in [2.24, 2.45) is 5.92 Å². The van der Waals surface area contributed by atoms with Crippen LogP contribution in [0.4, 0.5) is 0 Å². The topological polar surface area (TPSA) is 33.7 Å². The fourth-order valence-electron chi connectivity index (χ4n) is 2.36. The number of piperidine rings is 1. The smallest absolute Gasteiger partial charge is 0.0700 e. The van der Waals surface area contributed by atoms with Gasteiger partial charge in [0.05, 0.1) is 13.2 Å². The van der Waals surface area contributed by atoms with Gasteiger partial charge >= 0.3 is 0 Å². The first kappa shape index (κ1) is 15.9. The Bertz CT molecular complexity index is 183. The third-order valence-corrected chi connectivity index (χ3v) is 3.66. The van der Waals surface area contributed by atoms with E-state index in [4.69, 9.17) is 9.47 Å². The van der Waals surface area contributed by atoms with Crippen molar-refractivity contribution in [1.29, 1.82) is 0 Å². The lowest BCUT2D eigenvalue weighted by Crippen LogP contribution is -2.37. The van der Waals surface area contributed by atoms with Crippen LogP contribution in [0, 0.1) is 5.92 Å². The molecule has 1 aliphatic heterocycles. The molecule has 0 aromatic carbocycles. The van der Waals surface area contributed by atoms with Crippen LogP contribution in [0.15, 0.2) is 0 Å². The SMILES string of the molecule is CCN1CCC(CNCCCOCCOC)CC1. The second kappa shape index (κ2) is 10.7. The minimum atomic E-state index is 0.698. The molecule has 0 aliphatic carbocycles. The highest BCUT2D eigenvalue weighted by molar-refractivity contribution is 4.72. The molecule has 1 aliphatic rings. The minimum absolute atomic E-state index is 0.698. The highest BCUT2D eigenvalue weighted by Gasteiger charge is 2.17. The molecule has 0 aromatic rings. The second-order valence-corrected chi connectivity index (χ2v) is 5.04. The number of methoxy groups -OCH3 is 1. The molecule has 4 heteroatoms. The highest BCUT2D eigenvalue weighted by atomic mass is 16.5. The maximum atomic E-state index is 5.42. The zero-order chi connectivity index (χ0) is 13.1. The summed E-state index contributed by atoms with van der Waals surface area (Å²) in [6, 6.07) is 0. The summed E-state index contributed by atoms with van der Waals surface area (Å²) in [6.07, 6.45) is 3.80. The molecule has 0 spiro atoms. The number of hydrogen-bond donors (Lipinski definition) is 1. The third kappa shape index (κ3) is 7.31. The van der Waals surface area contributed by atoms with Gasteiger partial charge in [-0.15, -0.1) is 0 Å². The summed E-state index contributed by atoms with van der Waals surface area (Å²) in [5.41, 5.74) is 0. The van der Waals surface area contributed by atoms with Crippen LogP contribution in [0.1, 0.15) is 26.2 Å². The molecule has 0 aromatic heterocycles. The summed E-state index contributed by atoms with van der Waals surface area (Å²) in [5.74, 6) is 0.877. The van der Waals surface area contributed by atoms with E-state index in [-0.39, 0.29) is 0 Å². The van der Waals surface area contributed by atoms with Crippen molar-refractivity contribution in [3.63, 3.8) is 0 Å². The van der Waals surface area contributed by atoms with E-state index >= 15 is 0 Å². The van der Waals surface area contributed by atoms with Crippen molar-refractivity contribution in [1.82, 2.24) is 10.2 Å². The lowest BCUT2D eigenvalue weighted by Gasteiger charge is -2.31. The van der Waals surface area contributed by atoms with Gasteiger partial charge in [0.15, 0.2) is 0 Å². The van der Waals surface area contributed by atoms with Gasteiger partial charge in [0.1, 0.15) is 0 Å². The average Bonchev–Trinajstić information content (AvgIpc) is 2.42. The zero-order valence-electron chi connectivity index (χ0n) is 12.1. The first-order chi connectivity index (χ1) is 8.86. The molecule has 0 bridgehead atoms. The summed E-state index contributed by atoms with van der Waals surface area (Å²) in [6.45, 7) is 10.5. The predicted molar refractivity (Wildman–Crippen MR) is 75.0 cm³/mol. The second-order valence-electron chi connectivity index (χ2n) is 5.04. The number of ether oxygens (including phenoxy) is 2. The van der Waals surface area contributed by atoms with Gasteiger partial charge in [-0.25, -0.2) is 0 Å². The molecule has 18 heavy (non-hydrogen) atoms. The lowest BCUT2D eigenvalue weighted by molar-refractivity contribution is 0.0693. The number of nitrogens with zero attached hydrogens (tertiary/aromatic N) is 1. The van der Waals surface area contributed by atoms with E-state index in [1.165, 1.54) is 39.0 Å². The van der Waals surface area contributed by atoms with E-state index in [1.807, 2.05) is 0 Å². The first-order valence-electron chi connectivity index (χ1n) is 7.36. The van der Waals surface area contributed by atoms with Crippen molar-refractivity contribution in [2.75, 3.05) is 59.7 Å². The van der Waals surface area contributed by atoms with Gasteiger partial charge in [-0.05, 0) is 57.9 Å². The number of likely N-dealkylation sites (tertiary alicyclic amines) is 1. The number of nitrogens with one attached hydrogen (secondary N) is 1. The Kier molecular flexibility index (Phi) is 9.48. The fraction of sp³-hybridized carbons (Fsp3) is 1.00. The Labute approximate surface area is 112 Å². The predicted octanol–water partition coefficient (Wildman–Crippen LogP) is 1.36. The summed E-state index contributed by atoms with van der Waals surface area (Å²) in [7, 11) is 1.70. The van der Waals surface area contributed by atoms with E-state index in [9.17, 15) is 0 Å². The maximum Gasteiger partial charge on any atom is 0.0700 e. The largest absolute Gasteiger partial charge is 0.382 e. The summed E-state index contributed by atoms with van der Waals surface area (Å²) in [5, 5.41) is 3.55. The molecule has 1 fully saturated rings. The zero-order valence-corrected chi connectivity index (χ0v) is 12.1. The van der Waals surface area contributed by atoms with Crippen LogP contribution < -0.4 is 5.32 Å². The normalized spacial score (nSPS) is 18.3. The van der Waals surface area contributed by atoms with Crippen LogP contribution in [-0.4, -0.2) is 64.6 Å². The van der Waals surface area contributed by atoms with Crippen LogP contribution in [0.25, 0.3) is 0 Å². The fourth-order valence-corrected chi connectivity index (χ4v) is 2.36. The molecule has 0 atom stereocenters. The molecular weight excluding hydrogens is 228 g/mol. The molecule has 0 unspecified atom stereocenters. The Balaban J connectivity index is 1.84. The van der Waals surface area contributed by atoms with Crippen molar-refractivity contribution in [3.05, 3.63) is 0 Å². The molecule has 0 amide bonds. The van der Waals surface area contributed by atoms with Gasteiger partial charge in [-0.3, -0.25) is 0 Å². The monoisotopic (exact) mass is 258 g/mol. The molecule has 1 heterocycles. The van der Waals surface area contributed by atoms with Gasteiger partial charge in [-0.1, -0.05) is 6.92 Å². The first-order valence-corrected chi connectivity index (χ1v) is 7.36. The van der Waals surface area contributed by atoms with Crippen LogP contribution in [-0.2, 0) is 9.47 Å². The van der Waals surface area contributed by atoms with Gasteiger partial charge < -0.3 is 19.7 Å². The van der Waals surface area contributed by atoms with E-state index in [0.717, 1.165) is 25.5 Å². The molecule has 4 nitrogen and oxygen atoms in total. The Morgan fingerprint density at radius 1 is 1.17 bits per heavy atom. The molecule has 0 radical (unpaired) electrons. The molecular formula is C14H30N2O2. The lowest BCUT2D eigenvalue weighted by atomic mass is 9.97.